The highest BCUT2D eigenvalue weighted by Crippen LogP contribution is 2.51. The Morgan fingerprint density at radius 3 is 2.29 bits per heavy atom. The SMILES string of the molecule is COP(=N/N=N/c1c(C=O)c(C)nn1-c1ccccc1)(OC)OC. The normalized spacial score (nSPS) is 11.8. The minimum Gasteiger partial charge on any atom is -0.305 e. The Morgan fingerprint density at radius 2 is 1.75 bits per heavy atom. The fraction of sp³-hybridized carbons (Fsp3) is 0.286. The van der Waals surface area contributed by atoms with Gasteiger partial charge in [0.2, 0.25) is 0 Å². The van der Waals surface area contributed by atoms with Gasteiger partial charge in [0.25, 0.3) is 0 Å². The molecule has 0 atom stereocenters. The molecule has 0 N–H and O–H groups in total. The van der Waals surface area contributed by atoms with E-state index in [-0.39, 0.29) is 5.82 Å². The predicted octanol–water partition coefficient (Wildman–Crippen LogP) is 3.88. The largest absolute Gasteiger partial charge is 0.379 e. The molecule has 0 radical (unpaired) electrons. The van der Waals surface area contributed by atoms with Crippen LogP contribution >= 0.6 is 7.74 Å². The van der Waals surface area contributed by atoms with Crippen LogP contribution in [-0.2, 0) is 13.6 Å². The van der Waals surface area contributed by atoms with Crippen LogP contribution in [0.15, 0.2) is 45.5 Å². The molecule has 0 amide bonds. The Balaban J connectivity index is 2.52. The number of hydrogen-bond acceptors (Lipinski definition) is 6. The summed E-state index contributed by atoms with van der Waals surface area (Å²) < 4.78 is 16.8. The molecular weight excluding hydrogens is 333 g/mol. The van der Waals surface area contributed by atoms with Crippen molar-refractivity contribution in [2.75, 3.05) is 21.3 Å². The van der Waals surface area contributed by atoms with E-state index in [1.807, 2.05) is 30.3 Å². The summed E-state index contributed by atoms with van der Waals surface area (Å²) in [6, 6.07) is 9.28. The van der Waals surface area contributed by atoms with E-state index in [1.165, 1.54) is 26.0 Å². The van der Waals surface area contributed by atoms with Gasteiger partial charge in [0.15, 0.2) is 12.1 Å². The smallest absolute Gasteiger partial charge is 0.305 e. The van der Waals surface area contributed by atoms with E-state index in [9.17, 15) is 4.79 Å². The number of carbonyl (C=O) groups excluding carboxylic acids is 1. The molecule has 0 aliphatic carbocycles. The van der Waals surface area contributed by atoms with E-state index in [2.05, 4.69) is 20.3 Å². The number of aryl methyl sites for hydroxylation is 1. The third kappa shape index (κ3) is 3.65. The van der Waals surface area contributed by atoms with Gasteiger partial charge in [-0.15, -0.1) is 5.11 Å². The molecule has 1 aromatic carbocycles. The van der Waals surface area contributed by atoms with Gasteiger partial charge in [-0.25, -0.2) is 4.68 Å². The van der Waals surface area contributed by atoms with E-state index in [0.717, 1.165) is 5.69 Å². The standard InChI is InChI=1S/C14H18N5O4P/c1-11-13(10-20)14(15-17-18-24(21-2,22-3)23-4)19(16-11)12-8-6-5-7-9-12/h5-10H,1-4H3/b17-15+. The van der Waals surface area contributed by atoms with Crippen LogP contribution in [0.25, 0.3) is 5.69 Å². The van der Waals surface area contributed by atoms with Gasteiger partial charge in [-0.3, -0.25) is 4.79 Å². The van der Waals surface area contributed by atoms with Crippen molar-refractivity contribution in [1.29, 1.82) is 0 Å². The van der Waals surface area contributed by atoms with Crippen molar-refractivity contribution >= 4 is 19.8 Å². The molecule has 10 heteroatoms. The number of para-hydroxylation sites is 1. The molecule has 2 rings (SSSR count). The molecule has 0 aliphatic rings. The van der Waals surface area contributed by atoms with Crippen molar-refractivity contribution in [3.63, 3.8) is 0 Å². The Hall–Kier alpha value is -2.19. The Labute approximate surface area is 139 Å². The van der Waals surface area contributed by atoms with E-state index in [1.54, 1.807) is 6.92 Å². The van der Waals surface area contributed by atoms with Crippen molar-refractivity contribution in [3.8, 4) is 5.69 Å². The van der Waals surface area contributed by atoms with Gasteiger partial charge in [0.1, 0.15) is 0 Å². The summed E-state index contributed by atoms with van der Waals surface area (Å²) in [5, 5.41) is 12.1. The molecule has 1 aromatic heterocycles. The average Bonchev–Trinajstić information content (AvgIpc) is 2.95. The van der Waals surface area contributed by atoms with Crippen molar-refractivity contribution in [1.82, 2.24) is 9.78 Å². The molecule has 0 spiro atoms. The quantitative estimate of drug-likeness (QED) is 0.326. The lowest BCUT2D eigenvalue weighted by Crippen LogP contribution is -1.95. The second-order valence-electron chi connectivity index (χ2n) is 4.48. The third-order valence-electron chi connectivity index (χ3n) is 3.18. The van der Waals surface area contributed by atoms with Crippen LogP contribution in [0.1, 0.15) is 16.1 Å². The number of aldehydes is 1. The molecule has 0 aliphatic heterocycles. The fourth-order valence-corrected chi connectivity index (χ4v) is 2.76. The van der Waals surface area contributed by atoms with E-state index in [0.29, 0.717) is 17.5 Å². The molecule has 0 unspecified atom stereocenters. The van der Waals surface area contributed by atoms with Crippen molar-refractivity contribution in [2.45, 2.75) is 6.92 Å². The van der Waals surface area contributed by atoms with Crippen LogP contribution in [0, 0.1) is 6.92 Å². The van der Waals surface area contributed by atoms with Gasteiger partial charge in [-0.1, -0.05) is 23.1 Å². The summed E-state index contributed by atoms with van der Waals surface area (Å²) in [5.41, 5.74) is 1.61. The number of carbonyl (C=O) groups is 1. The van der Waals surface area contributed by atoms with Gasteiger partial charge in [-0.2, -0.15) is 5.10 Å². The number of nitrogens with zero attached hydrogens (tertiary/aromatic N) is 5. The van der Waals surface area contributed by atoms with Crippen LogP contribution in [0.5, 0.6) is 0 Å². The number of benzene rings is 1. The topological polar surface area (TPSA) is 99.7 Å². The van der Waals surface area contributed by atoms with Gasteiger partial charge in [-0.05, 0) is 24.3 Å². The first kappa shape index (κ1) is 18.2. The van der Waals surface area contributed by atoms with Gasteiger partial charge in [0, 0.05) is 21.3 Å². The fourth-order valence-electron chi connectivity index (χ4n) is 1.96. The summed E-state index contributed by atoms with van der Waals surface area (Å²) in [7, 11) is 1.26. The van der Waals surface area contributed by atoms with Crippen molar-refractivity contribution < 1.29 is 18.4 Å². The van der Waals surface area contributed by atoms with Crippen LogP contribution in [0.4, 0.5) is 5.82 Å². The molecule has 0 bridgehead atoms. The van der Waals surface area contributed by atoms with Crippen LogP contribution in [0.2, 0.25) is 0 Å². The van der Waals surface area contributed by atoms with E-state index in [4.69, 9.17) is 13.6 Å². The summed E-state index contributed by atoms with van der Waals surface area (Å²) in [6.45, 7) is 1.72. The molecule has 2 aromatic rings. The van der Waals surface area contributed by atoms with Crippen molar-refractivity contribution in [2.24, 2.45) is 15.2 Å². The Bertz CT molecular complexity index is 769. The molecule has 1 heterocycles. The van der Waals surface area contributed by atoms with E-state index < -0.39 is 7.74 Å². The highest BCUT2D eigenvalue weighted by Gasteiger charge is 2.19. The molecule has 128 valence electrons. The number of aromatic nitrogens is 2. The second kappa shape index (κ2) is 8.07. The summed E-state index contributed by atoms with van der Waals surface area (Å²) in [4.78, 5) is 15.2. The maximum Gasteiger partial charge on any atom is 0.379 e. The minimum absolute atomic E-state index is 0.263. The first-order valence-electron chi connectivity index (χ1n) is 6.90. The maximum atomic E-state index is 11.4. The van der Waals surface area contributed by atoms with Crippen LogP contribution < -0.4 is 0 Å². The molecule has 24 heavy (non-hydrogen) atoms. The summed E-state index contributed by atoms with van der Waals surface area (Å²) >= 11 is 0. The van der Waals surface area contributed by atoms with Gasteiger partial charge < -0.3 is 13.6 Å². The lowest BCUT2D eigenvalue weighted by atomic mass is 10.2. The molecule has 9 nitrogen and oxygen atoms in total. The number of hydrogen-bond donors (Lipinski definition) is 0. The molecule has 0 saturated carbocycles. The van der Waals surface area contributed by atoms with Gasteiger partial charge in [0.05, 0.1) is 16.9 Å². The lowest BCUT2D eigenvalue weighted by molar-refractivity contribution is 0.112. The van der Waals surface area contributed by atoms with Crippen LogP contribution in [0.3, 0.4) is 0 Å². The Morgan fingerprint density at radius 1 is 1.12 bits per heavy atom. The molecule has 0 saturated heterocycles. The maximum absolute atomic E-state index is 11.4. The highest BCUT2D eigenvalue weighted by atomic mass is 31.2. The molecule has 0 fully saturated rings. The molecular formula is C14H18N5O4P. The second-order valence-corrected chi connectivity index (χ2v) is 6.69. The van der Waals surface area contributed by atoms with Gasteiger partial charge >= 0.3 is 7.74 Å². The zero-order valence-electron chi connectivity index (χ0n) is 13.8. The van der Waals surface area contributed by atoms with Crippen LogP contribution in [-0.4, -0.2) is 37.4 Å². The highest BCUT2D eigenvalue weighted by molar-refractivity contribution is 7.51. The summed E-state index contributed by atoms with van der Waals surface area (Å²) in [5.74, 6) is 0.263. The zero-order chi connectivity index (χ0) is 17.6. The first-order chi connectivity index (χ1) is 11.6. The number of rotatable bonds is 7. The first-order valence-corrected chi connectivity index (χ1v) is 8.40. The lowest BCUT2D eigenvalue weighted by Gasteiger charge is -2.14. The third-order valence-corrected chi connectivity index (χ3v) is 4.86. The predicted molar refractivity (Wildman–Crippen MR) is 88.6 cm³/mol. The zero-order valence-corrected chi connectivity index (χ0v) is 14.7. The minimum atomic E-state index is -2.93. The van der Waals surface area contributed by atoms with Crippen molar-refractivity contribution in [3.05, 3.63) is 41.6 Å². The monoisotopic (exact) mass is 351 g/mol. The average molecular weight is 351 g/mol. The Kier molecular flexibility index (Phi) is 6.10. The van der Waals surface area contributed by atoms with E-state index >= 15 is 0 Å². The summed E-state index contributed by atoms with van der Waals surface area (Å²) in [6.07, 6.45) is 0.682.